The number of nitrogens with zero attached hydrogens (tertiary/aromatic N) is 1. The third-order valence-corrected chi connectivity index (χ3v) is 4.90. The number of nitrogens with two attached hydrogens (primary N) is 2. The summed E-state index contributed by atoms with van der Waals surface area (Å²) >= 11 is 5.93. The molecule has 19 heavy (non-hydrogen) atoms. The molecular weight excluding hydrogens is 265 g/mol. The third-order valence-electron chi connectivity index (χ3n) is 4.52. The van der Waals surface area contributed by atoms with Crippen molar-refractivity contribution in [2.45, 2.75) is 38.1 Å². The minimum Gasteiger partial charge on any atom is -0.397 e. The number of hydrogen-bond donors (Lipinski definition) is 2. The van der Waals surface area contributed by atoms with Gasteiger partial charge >= 0.3 is 0 Å². The molecule has 3 nitrogen and oxygen atoms in total. The van der Waals surface area contributed by atoms with Crippen molar-refractivity contribution < 1.29 is 4.39 Å². The monoisotopic (exact) mass is 283 g/mol. The fourth-order valence-corrected chi connectivity index (χ4v) is 3.82. The highest BCUT2D eigenvalue weighted by atomic mass is 35.5. The van der Waals surface area contributed by atoms with Crippen LogP contribution in [-0.4, -0.2) is 12.6 Å². The lowest BCUT2D eigenvalue weighted by molar-refractivity contribution is 0.360. The maximum atomic E-state index is 14.4. The Morgan fingerprint density at radius 3 is 2.68 bits per heavy atom. The number of rotatable bonds is 1. The molecule has 2 atom stereocenters. The molecular formula is C14H19ClFN3. The molecule has 3 rings (SSSR count). The number of hydrogen-bond acceptors (Lipinski definition) is 3. The molecule has 0 aromatic heterocycles. The Hall–Kier alpha value is -1.16. The smallest absolute Gasteiger partial charge is 0.169 e. The number of benzene rings is 1. The number of halogens is 2. The molecule has 2 fully saturated rings. The van der Waals surface area contributed by atoms with Gasteiger partial charge in [0.25, 0.3) is 0 Å². The summed E-state index contributed by atoms with van der Waals surface area (Å²) in [6.07, 6.45) is 5.90. The van der Waals surface area contributed by atoms with Crippen LogP contribution < -0.4 is 16.4 Å². The lowest BCUT2D eigenvalue weighted by Gasteiger charge is -2.40. The summed E-state index contributed by atoms with van der Waals surface area (Å²) in [6, 6.07) is 1.98. The lowest BCUT2D eigenvalue weighted by Crippen LogP contribution is -2.43. The van der Waals surface area contributed by atoms with Crippen molar-refractivity contribution >= 4 is 28.7 Å². The van der Waals surface area contributed by atoms with Gasteiger partial charge in [-0.15, -0.1) is 0 Å². The van der Waals surface area contributed by atoms with Crippen LogP contribution in [-0.2, 0) is 0 Å². The van der Waals surface area contributed by atoms with Crippen molar-refractivity contribution in [1.29, 1.82) is 0 Å². The van der Waals surface area contributed by atoms with Crippen LogP contribution >= 0.6 is 11.6 Å². The van der Waals surface area contributed by atoms with Gasteiger partial charge in [-0.25, -0.2) is 4.39 Å². The summed E-state index contributed by atoms with van der Waals surface area (Å²) in [5.41, 5.74) is 12.7. The zero-order valence-electron chi connectivity index (χ0n) is 10.8. The predicted octanol–water partition coefficient (Wildman–Crippen LogP) is 3.41. The second kappa shape index (κ2) is 4.75. The van der Waals surface area contributed by atoms with E-state index in [1.807, 2.05) is 0 Å². The molecule has 1 aromatic carbocycles. The van der Waals surface area contributed by atoms with Gasteiger partial charge in [-0.3, -0.25) is 0 Å². The van der Waals surface area contributed by atoms with E-state index in [1.165, 1.54) is 19.3 Å². The summed E-state index contributed by atoms with van der Waals surface area (Å²) < 4.78 is 14.4. The first-order valence-electron chi connectivity index (χ1n) is 6.89. The zero-order valence-corrected chi connectivity index (χ0v) is 11.6. The number of fused-ring (bicyclic) bond motifs is 1. The molecule has 104 valence electrons. The minimum absolute atomic E-state index is 0.00989. The Labute approximate surface area is 117 Å². The van der Waals surface area contributed by atoms with Crippen LogP contribution in [0.3, 0.4) is 0 Å². The van der Waals surface area contributed by atoms with Gasteiger partial charge in [0, 0.05) is 12.6 Å². The van der Waals surface area contributed by atoms with E-state index in [0.717, 1.165) is 19.4 Å². The molecule has 2 aliphatic rings. The Kier molecular flexibility index (Phi) is 3.21. The Morgan fingerprint density at radius 2 is 1.89 bits per heavy atom. The highest BCUT2D eigenvalue weighted by Gasteiger charge is 2.37. The van der Waals surface area contributed by atoms with Crippen molar-refractivity contribution in [3.63, 3.8) is 0 Å². The van der Waals surface area contributed by atoms with Crippen molar-refractivity contribution in [3.05, 3.63) is 16.9 Å². The Balaban J connectivity index is 2.04. The molecule has 1 aliphatic heterocycles. The summed E-state index contributed by atoms with van der Waals surface area (Å²) in [7, 11) is 0. The SMILES string of the molecule is Nc1cc(N)c(N2CCCC3CCCC32)c(F)c1Cl. The highest BCUT2D eigenvalue weighted by Crippen LogP contribution is 2.44. The van der Waals surface area contributed by atoms with Gasteiger partial charge in [0.1, 0.15) is 5.02 Å². The molecule has 1 aromatic rings. The molecule has 2 unspecified atom stereocenters. The van der Waals surface area contributed by atoms with E-state index in [-0.39, 0.29) is 10.7 Å². The van der Waals surface area contributed by atoms with Crippen molar-refractivity contribution in [2.75, 3.05) is 22.9 Å². The average Bonchev–Trinajstić information content (AvgIpc) is 2.85. The van der Waals surface area contributed by atoms with E-state index in [0.29, 0.717) is 23.3 Å². The standard InChI is InChI=1S/C14H19ClFN3/c15-12-9(17)7-10(18)14(13(12)16)19-6-2-4-8-3-1-5-11(8)19/h7-8,11H,1-6,17-18H2. The molecule has 1 saturated carbocycles. The second-order valence-electron chi connectivity index (χ2n) is 5.63. The van der Waals surface area contributed by atoms with E-state index in [1.54, 1.807) is 6.07 Å². The van der Waals surface area contributed by atoms with E-state index < -0.39 is 5.82 Å². The van der Waals surface area contributed by atoms with Gasteiger partial charge in [-0.2, -0.15) is 0 Å². The van der Waals surface area contributed by atoms with E-state index in [2.05, 4.69) is 4.90 Å². The summed E-state index contributed by atoms with van der Waals surface area (Å²) in [4.78, 5) is 2.12. The maximum Gasteiger partial charge on any atom is 0.169 e. The topological polar surface area (TPSA) is 55.3 Å². The molecule has 0 radical (unpaired) electrons. The van der Waals surface area contributed by atoms with Crippen LogP contribution in [0.5, 0.6) is 0 Å². The van der Waals surface area contributed by atoms with Crippen LogP contribution in [0.4, 0.5) is 21.5 Å². The van der Waals surface area contributed by atoms with E-state index in [9.17, 15) is 4.39 Å². The molecule has 0 amide bonds. The lowest BCUT2D eigenvalue weighted by atomic mass is 9.91. The van der Waals surface area contributed by atoms with Gasteiger partial charge in [0.2, 0.25) is 0 Å². The average molecular weight is 284 g/mol. The van der Waals surface area contributed by atoms with Crippen molar-refractivity contribution in [2.24, 2.45) is 5.92 Å². The van der Waals surface area contributed by atoms with Gasteiger partial charge in [0.05, 0.1) is 17.1 Å². The van der Waals surface area contributed by atoms with Crippen LogP contribution in [0.2, 0.25) is 5.02 Å². The Bertz CT molecular complexity index is 506. The van der Waals surface area contributed by atoms with Gasteiger partial charge < -0.3 is 16.4 Å². The first-order valence-corrected chi connectivity index (χ1v) is 7.27. The first kappa shape index (κ1) is 12.9. The highest BCUT2D eigenvalue weighted by molar-refractivity contribution is 6.33. The summed E-state index contributed by atoms with van der Waals surface area (Å²) in [6.45, 7) is 0.850. The van der Waals surface area contributed by atoms with Gasteiger partial charge in [0.15, 0.2) is 5.82 Å². The molecule has 0 spiro atoms. The van der Waals surface area contributed by atoms with Gasteiger partial charge in [-0.1, -0.05) is 18.0 Å². The summed E-state index contributed by atoms with van der Waals surface area (Å²) in [5, 5.41) is -0.00989. The van der Waals surface area contributed by atoms with Crippen LogP contribution in [0, 0.1) is 11.7 Å². The third kappa shape index (κ3) is 2.02. The molecule has 0 bridgehead atoms. The number of piperidine rings is 1. The van der Waals surface area contributed by atoms with Crippen LogP contribution in [0.25, 0.3) is 0 Å². The number of nitrogen functional groups attached to an aromatic ring is 2. The Morgan fingerprint density at radius 1 is 1.16 bits per heavy atom. The largest absolute Gasteiger partial charge is 0.397 e. The molecule has 4 N–H and O–H groups in total. The molecule has 1 saturated heterocycles. The van der Waals surface area contributed by atoms with E-state index >= 15 is 0 Å². The molecule has 1 heterocycles. The fourth-order valence-electron chi connectivity index (χ4n) is 3.68. The molecule has 5 heteroatoms. The van der Waals surface area contributed by atoms with Crippen molar-refractivity contribution in [3.8, 4) is 0 Å². The molecule has 1 aliphatic carbocycles. The van der Waals surface area contributed by atoms with Crippen LogP contribution in [0.15, 0.2) is 6.07 Å². The fraction of sp³-hybridized carbons (Fsp3) is 0.571. The normalized spacial score (nSPS) is 26.5. The zero-order chi connectivity index (χ0) is 13.6. The number of anilines is 3. The quantitative estimate of drug-likeness (QED) is 0.777. The van der Waals surface area contributed by atoms with Crippen LogP contribution in [0.1, 0.15) is 32.1 Å². The van der Waals surface area contributed by atoms with Gasteiger partial charge in [-0.05, 0) is 37.7 Å². The maximum absolute atomic E-state index is 14.4. The van der Waals surface area contributed by atoms with Crippen molar-refractivity contribution in [1.82, 2.24) is 0 Å². The van der Waals surface area contributed by atoms with E-state index in [4.69, 9.17) is 23.1 Å². The minimum atomic E-state index is -0.466. The summed E-state index contributed by atoms with van der Waals surface area (Å²) in [5.74, 6) is 0.204. The predicted molar refractivity (Wildman–Crippen MR) is 77.9 cm³/mol. The first-order chi connectivity index (χ1) is 9.09. The second-order valence-corrected chi connectivity index (χ2v) is 6.00.